The maximum Gasteiger partial charge on any atom is 0.207 e. The van der Waals surface area contributed by atoms with E-state index in [-0.39, 0.29) is 0 Å². The van der Waals surface area contributed by atoms with Gasteiger partial charge in [-0.05, 0) is 41.6 Å². The molecule has 1 aromatic carbocycles. The Labute approximate surface area is 116 Å². The lowest BCUT2D eigenvalue weighted by atomic mass is 10.0. The van der Waals surface area contributed by atoms with Crippen LogP contribution in [0.2, 0.25) is 4.47 Å². The molecule has 0 aliphatic heterocycles. The van der Waals surface area contributed by atoms with Crippen molar-refractivity contribution in [3.05, 3.63) is 38.8 Å². The number of rotatable bonds is 4. The van der Waals surface area contributed by atoms with Gasteiger partial charge in [0.2, 0.25) is 4.47 Å². The van der Waals surface area contributed by atoms with E-state index >= 15 is 0 Å². The van der Waals surface area contributed by atoms with Gasteiger partial charge in [-0.1, -0.05) is 37.3 Å². The molecule has 0 N–H and O–H groups in total. The number of nitrogens with zero attached hydrogens (tertiary/aromatic N) is 2. The van der Waals surface area contributed by atoms with E-state index in [0.717, 1.165) is 16.3 Å². The monoisotopic (exact) mass is 282 g/mol. The summed E-state index contributed by atoms with van der Waals surface area (Å²) in [6.45, 7) is 6.78. The largest absolute Gasteiger partial charge is 0.486 e. The van der Waals surface area contributed by atoms with E-state index in [1.165, 1.54) is 16.9 Å². The predicted octanol–water partition coefficient (Wildman–Crippen LogP) is 4.20. The third-order valence-electron chi connectivity index (χ3n) is 2.67. The quantitative estimate of drug-likeness (QED) is 0.843. The molecule has 0 saturated heterocycles. The molecule has 18 heavy (non-hydrogen) atoms. The van der Waals surface area contributed by atoms with Gasteiger partial charge in [-0.15, -0.1) is 10.2 Å². The van der Waals surface area contributed by atoms with Crippen LogP contribution in [0.3, 0.4) is 0 Å². The first-order chi connectivity index (χ1) is 8.56. The minimum absolute atomic E-state index is 0.409. The fourth-order valence-corrected chi connectivity index (χ4v) is 2.34. The third kappa shape index (κ3) is 3.21. The van der Waals surface area contributed by atoms with Gasteiger partial charge in [-0.3, -0.25) is 0 Å². The Hall–Kier alpha value is -1.13. The lowest BCUT2D eigenvalue weighted by molar-refractivity contribution is 0.302. The molecular weight excluding hydrogens is 268 g/mol. The standard InChI is InChI=1S/C13H15ClN2OS/c1-8(2)10-5-4-9(3)11(6-10)17-7-12-15-16-13(14)18-12/h4-6,8H,7H2,1-3H3. The zero-order valence-electron chi connectivity index (χ0n) is 10.6. The number of ether oxygens (including phenoxy) is 1. The first kappa shape index (κ1) is 13.3. The Morgan fingerprint density at radius 2 is 2.11 bits per heavy atom. The van der Waals surface area contributed by atoms with Gasteiger partial charge in [0.1, 0.15) is 12.4 Å². The minimum atomic E-state index is 0.409. The van der Waals surface area contributed by atoms with Crippen molar-refractivity contribution >= 4 is 22.9 Å². The fraction of sp³-hybridized carbons (Fsp3) is 0.385. The molecule has 3 nitrogen and oxygen atoms in total. The van der Waals surface area contributed by atoms with Gasteiger partial charge in [0.25, 0.3) is 0 Å². The van der Waals surface area contributed by atoms with Crippen LogP contribution in [0.15, 0.2) is 18.2 Å². The number of hydrogen-bond acceptors (Lipinski definition) is 4. The maximum absolute atomic E-state index is 5.78. The van der Waals surface area contributed by atoms with Crippen molar-refractivity contribution < 1.29 is 4.74 Å². The van der Waals surface area contributed by atoms with Crippen LogP contribution in [0.5, 0.6) is 5.75 Å². The summed E-state index contributed by atoms with van der Waals surface area (Å²) in [5, 5.41) is 8.47. The van der Waals surface area contributed by atoms with Gasteiger partial charge in [0.05, 0.1) is 0 Å². The lowest BCUT2D eigenvalue weighted by Gasteiger charge is -2.11. The van der Waals surface area contributed by atoms with E-state index in [9.17, 15) is 0 Å². The zero-order valence-corrected chi connectivity index (χ0v) is 12.2. The molecule has 0 atom stereocenters. The van der Waals surface area contributed by atoms with Crippen LogP contribution in [-0.4, -0.2) is 10.2 Å². The van der Waals surface area contributed by atoms with Crippen molar-refractivity contribution in [1.82, 2.24) is 10.2 Å². The molecule has 5 heteroatoms. The van der Waals surface area contributed by atoms with Crippen molar-refractivity contribution in [1.29, 1.82) is 0 Å². The average molecular weight is 283 g/mol. The molecule has 2 rings (SSSR count). The van der Waals surface area contributed by atoms with Gasteiger partial charge < -0.3 is 4.74 Å². The van der Waals surface area contributed by atoms with Crippen LogP contribution in [0.1, 0.15) is 35.9 Å². The second kappa shape index (κ2) is 5.67. The molecule has 0 radical (unpaired) electrons. The molecule has 0 bridgehead atoms. The number of aromatic nitrogens is 2. The molecular formula is C13H15ClN2OS. The van der Waals surface area contributed by atoms with Crippen LogP contribution in [0.4, 0.5) is 0 Å². The highest BCUT2D eigenvalue weighted by Gasteiger charge is 2.07. The Balaban J connectivity index is 2.10. The number of benzene rings is 1. The topological polar surface area (TPSA) is 35.0 Å². The summed E-state index contributed by atoms with van der Waals surface area (Å²) in [7, 11) is 0. The molecule has 0 amide bonds. The van der Waals surface area contributed by atoms with Crippen LogP contribution < -0.4 is 4.74 Å². The van der Waals surface area contributed by atoms with E-state index in [1.54, 1.807) is 0 Å². The molecule has 2 aromatic rings. The smallest absolute Gasteiger partial charge is 0.207 e. The molecule has 0 spiro atoms. The van der Waals surface area contributed by atoms with Gasteiger partial charge in [0.15, 0.2) is 5.01 Å². The van der Waals surface area contributed by atoms with E-state index in [1.807, 2.05) is 6.92 Å². The lowest BCUT2D eigenvalue weighted by Crippen LogP contribution is -1.98. The molecule has 0 unspecified atom stereocenters. The van der Waals surface area contributed by atoms with Crippen molar-refractivity contribution in [3.63, 3.8) is 0 Å². The van der Waals surface area contributed by atoms with Crippen molar-refractivity contribution in [3.8, 4) is 5.75 Å². The molecule has 0 aliphatic carbocycles. The highest BCUT2D eigenvalue weighted by atomic mass is 35.5. The minimum Gasteiger partial charge on any atom is -0.486 e. The normalized spacial score (nSPS) is 10.9. The maximum atomic E-state index is 5.78. The molecule has 1 aromatic heterocycles. The Bertz CT molecular complexity index is 540. The molecule has 0 aliphatic rings. The first-order valence-corrected chi connectivity index (χ1v) is 6.97. The van der Waals surface area contributed by atoms with Crippen LogP contribution in [0.25, 0.3) is 0 Å². The van der Waals surface area contributed by atoms with Crippen LogP contribution in [-0.2, 0) is 6.61 Å². The van der Waals surface area contributed by atoms with Crippen molar-refractivity contribution in [2.24, 2.45) is 0 Å². The summed E-state index contributed by atoms with van der Waals surface area (Å²) in [5.74, 6) is 1.39. The third-order valence-corrected chi connectivity index (χ3v) is 3.66. The highest BCUT2D eigenvalue weighted by Crippen LogP contribution is 2.25. The second-order valence-corrected chi connectivity index (χ2v) is 6.06. The van der Waals surface area contributed by atoms with Gasteiger partial charge >= 0.3 is 0 Å². The molecule has 0 fully saturated rings. The summed E-state index contributed by atoms with van der Waals surface area (Å²) in [4.78, 5) is 0. The van der Waals surface area contributed by atoms with Crippen LogP contribution in [0, 0.1) is 6.92 Å². The van der Waals surface area contributed by atoms with E-state index in [0.29, 0.717) is 17.0 Å². The summed E-state index contributed by atoms with van der Waals surface area (Å²) in [6, 6.07) is 6.30. The number of halogens is 1. The highest BCUT2D eigenvalue weighted by molar-refractivity contribution is 7.15. The van der Waals surface area contributed by atoms with Gasteiger partial charge in [-0.25, -0.2) is 0 Å². The second-order valence-electron chi connectivity index (χ2n) is 4.42. The predicted molar refractivity (Wildman–Crippen MR) is 74.5 cm³/mol. The molecule has 0 saturated carbocycles. The number of hydrogen-bond donors (Lipinski definition) is 0. The van der Waals surface area contributed by atoms with Gasteiger partial charge in [0, 0.05) is 0 Å². The van der Waals surface area contributed by atoms with E-state index in [4.69, 9.17) is 16.3 Å². The van der Waals surface area contributed by atoms with Gasteiger partial charge in [-0.2, -0.15) is 0 Å². The fourth-order valence-electron chi connectivity index (χ4n) is 1.56. The van der Waals surface area contributed by atoms with E-state index in [2.05, 4.69) is 42.2 Å². The number of aryl methyl sites for hydroxylation is 1. The Kier molecular flexibility index (Phi) is 4.19. The zero-order chi connectivity index (χ0) is 13.1. The van der Waals surface area contributed by atoms with Crippen molar-refractivity contribution in [2.45, 2.75) is 33.3 Å². The average Bonchev–Trinajstić information content (AvgIpc) is 2.74. The first-order valence-electron chi connectivity index (χ1n) is 5.77. The molecule has 96 valence electrons. The van der Waals surface area contributed by atoms with Crippen LogP contribution >= 0.6 is 22.9 Å². The Morgan fingerprint density at radius 3 is 2.72 bits per heavy atom. The van der Waals surface area contributed by atoms with Crippen molar-refractivity contribution in [2.75, 3.05) is 0 Å². The molecule has 1 heterocycles. The Morgan fingerprint density at radius 1 is 1.33 bits per heavy atom. The summed E-state index contributed by atoms with van der Waals surface area (Å²) in [5.41, 5.74) is 2.39. The van der Waals surface area contributed by atoms with E-state index < -0.39 is 0 Å². The SMILES string of the molecule is Cc1ccc(C(C)C)cc1OCc1nnc(Cl)s1. The summed E-state index contributed by atoms with van der Waals surface area (Å²) >= 11 is 7.07. The summed E-state index contributed by atoms with van der Waals surface area (Å²) in [6.07, 6.45) is 0. The summed E-state index contributed by atoms with van der Waals surface area (Å²) < 4.78 is 6.22.